The van der Waals surface area contributed by atoms with E-state index in [2.05, 4.69) is 10.6 Å². The number of carbonyl (C=O) groups is 2. The number of benzene rings is 2. The van der Waals surface area contributed by atoms with Gasteiger partial charge in [-0.15, -0.1) is 0 Å². The first-order chi connectivity index (χ1) is 11.9. The molecule has 25 heavy (non-hydrogen) atoms. The summed E-state index contributed by atoms with van der Waals surface area (Å²) in [5, 5.41) is 15.3. The molecular formula is C20H24N2O3. The fraction of sp³-hybridized carbons (Fsp3) is 0.300. The van der Waals surface area contributed by atoms with Crippen LogP contribution in [0.1, 0.15) is 34.3 Å². The summed E-state index contributed by atoms with van der Waals surface area (Å²) in [6.45, 7) is 4.16. The van der Waals surface area contributed by atoms with Gasteiger partial charge in [-0.3, -0.25) is 9.59 Å². The predicted molar refractivity (Wildman–Crippen MR) is 98.7 cm³/mol. The highest BCUT2D eigenvalue weighted by Crippen LogP contribution is 2.29. The van der Waals surface area contributed by atoms with Gasteiger partial charge in [0.25, 0.3) is 5.91 Å². The minimum Gasteiger partial charge on any atom is -0.507 e. The fourth-order valence-electron chi connectivity index (χ4n) is 2.64. The lowest BCUT2D eigenvalue weighted by Gasteiger charge is -2.10. The summed E-state index contributed by atoms with van der Waals surface area (Å²) in [4.78, 5) is 23.4. The maximum atomic E-state index is 12.3. The third-order valence-electron chi connectivity index (χ3n) is 4.09. The summed E-state index contributed by atoms with van der Waals surface area (Å²) in [5.41, 5.74) is 4.06. The van der Waals surface area contributed by atoms with Crippen molar-refractivity contribution in [2.45, 2.75) is 26.7 Å². The molecule has 0 unspecified atom stereocenters. The SMILES string of the molecule is CNC(=O)CCCNC(=O)c1cccc(-c2cc(C)c(O)c(C)c2)c1. The Balaban J connectivity index is 2.08. The Morgan fingerprint density at radius 2 is 1.72 bits per heavy atom. The topological polar surface area (TPSA) is 78.4 Å². The molecule has 0 aliphatic rings. The van der Waals surface area contributed by atoms with E-state index in [1.165, 1.54) is 0 Å². The lowest BCUT2D eigenvalue weighted by molar-refractivity contribution is -0.120. The van der Waals surface area contributed by atoms with Gasteiger partial charge in [0.05, 0.1) is 0 Å². The highest BCUT2D eigenvalue weighted by molar-refractivity contribution is 5.95. The summed E-state index contributed by atoms with van der Waals surface area (Å²) in [6, 6.07) is 11.2. The van der Waals surface area contributed by atoms with Gasteiger partial charge in [-0.05, 0) is 66.8 Å². The van der Waals surface area contributed by atoms with Crippen LogP contribution >= 0.6 is 0 Å². The Bertz CT molecular complexity index is 761. The first-order valence-corrected chi connectivity index (χ1v) is 8.32. The molecule has 0 heterocycles. The van der Waals surface area contributed by atoms with Crippen molar-refractivity contribution in [2.24, 2.45) is 0 Å². The van der Waals surface area contributed by atoms with Crippen LogP contribution in [-0.2, 0) is 4.79 Å². The molecular weight excluding hydrogens is 316 g/mol. The molecule has 0 atom stereocenters. The van der Waals surface area contributed by atoms with E-state index in [4.69, 9.17) is 0 Å². The second kappa shape index (κ2) is 8.33. The van der Waals surface area contributed by atoms with E-state index in [-0.39, 0.29) is 11.8 Å². The average molecular weight is 340 g/mol. The zero-order valence-electron chi connectivity index (χ0n) is 14.8. The second-order valence-electron chi connectivity index (χ2n) is 6.07. The molecule has 0 bridgehead atoms. The monoisotopic (exact) mass is 340 g/mol. The van der Waals surface area contributed by atoms with Gasteiger partial charge in [0.1, 0.15) is 5.75 Å². The minimum atomic E-state index is -0.161. The van der Waals surface area contributed by atoms with Crippen molar-refractivity contribution >= 4 is 11.8 Å². The van der Waals surface area contributed by atoms with Crippen molar-refractivity contribution in [3.63, 3.8) is 0 Å². The van der Waals surface area contributed by atoms with Crippen LogP contribution in [0.15, 0.2) is 36.4 Å². The highest BCUT2D eigenvalue weighted by Gasteiger charge is 2.09. The first-order valence-electron chi connectivity index (χ1n) is 8.32. The van der Waals surface area contributed by atoms with Crippen LogP contribution in [0.25, 0.3) is 11.1 Å². The van der Waals surface area contributed by atoms with Crippen LogP contribution in [-0.4, -0.2) is 30.5 Å². The smallest absolute Gasteiger partial charge is 0.251 e. The van der Waals surface area contributed by atoms with E-state index >= 15 is 0 Å². The highest BCUT2D eigenvalue weighted by atomic mass is 16.3. The van der Waals surface area contributed by atoms with E-state index in [1.54, 1.807) is 13.1 Å². The van der Waals surface area contributed by atoms with Crippen molar-refractivity contribution < 1.29 is 14.7 Å². The number of carbonyl (C=O) groups excluding carboxylic acids is 2. The third-order valence-corrected chi connectivity index (χ3v) is 4.09. The van der Waals surface area contributed by atoms with E-state index < -0.39 is 0 Å². The zero-order chi connectivity index (χ0) is 18.4. The van der Waals surface area contributed by atoms with Gasteiger partial charge < -0.3 is 15.7 Å². The summed E-state index contributed by atoms with van der Waals surface area (Å²) in [6.07, 6.45) is 0.990. The molecule has 2 aromatic carbocycles. The number of phenolic OH excluding ortho intramolecular Hbond substituents is 1. The molecule has 0 saturated heterocycles. The lowest BCUT2D eigenvalue weighted by atomic mass is 9.98. The Morgan fingerprint density at radius 1 is 1.04 bits per heavy atom. The van der Waals surface area contributed by atoms with Crippen LogP contribution in [0.5, 0.6) is 5.75 Å². The molecule has 132 valence electrons. The van der Waals surface area contributed by atoms with E-state index in [1.807, 2.05) is 44.2 Å². The number of phenols is 1. The van der Waals surface area contributed by atoms with Crippen molar-refractivity contribution in [3.05, 3.63) is 53.1 Å². The maximum absolute atomic E-state index is 12.3. The molecule has 0 fully saturated rings. The largest absolute Gasteiger partial charge is 0.507 e. The number of hydrogen-bond donors (Lipinski definition) is 3. The molecule has 0 saturated carbocycles. The van der Waals surface area contributed by atoms with Crippen molar-refractivity contribution in [2.75, 3.05) is 13.6 Å². The quantitative estimate of drug-likeness (QED) is 0.708. The summed E-state index contributed by atoms with van der Waals surface area (Å²) in [5.74, 6) is 0.106. The first kappa shape index (κ1) is 18.5. The number of rotatable bonds is 6. The number of nitrogens with one attached hydrogen (secondary N) is 2. The average Bonchev–Trinajstić information content (AvgIpc) is 2.62. The number of amides is 2. The van der Waals surface area contributed by atoms with Gasteiger partial charge in [-0.25, -0.2) is 0 Å². The Labute approximate surface area is 148 Å². The number of aromatic hydroxyl groups is 1. The maximum Gasteiger partial charge on any atom is 0.251 e. The van der Waals surface area contributed by atoms with Gasteiger partial charge in [-0.1, -0.05) is 12.1 Å². The van der Waals surface area contributed by atoms with E-state index in [9.17, 15) is 14.7 Å². The van der Waals surface area contributed by atoms with Gasteiger partial charge in [0.15, 0.2) is 0 Å². The normalized spacial score (nSPS) is 10.4. The van der Waals surface area contributed by atoms with Gasteiger partial charge >= 0.3 is 0 Å². The third kappa shape index (κ3) is 4.83. The predicted octanol–water partition coefficient (Wildman–Crippen LogP) is 2.93. The number of hydrogen-bond acceptors (Lipinski definition) is 3. The second-order valence-corrected chi connectivity index (χ2v) is 6.07. The molecule has 2 amide bonds. The van der Waals surface area contributed by atoms with Gasteiger partial charge in [0, 0.05) is 25.6 Å². The molecule has 0 spiro atoms. The van der Waals surface area contributed by atoms with Crippen molar-refractivity contribution in [1.82, 2.24) is 10.6 Å². The van der Waals surface area contributed by atoms with Crippen molar-refractivity contribution in [3.8, 4) is 16.9 Å². The van der Waals surface area contributed by atoms with Crippen LogP contribution in [0.2, 0.25) is 0 Å². The molecule has 2 rings (SSSR count). The number of aryl methyl sites for hydroxylation is 2. The molecule has 3 N–H and O–H groups in total. The molecule has 0 aliphatic carbocycles. The van der Waals surface area contributed by atoms with Crippen LogP contribution in [0.4, 0.5) is 0 Å². The molecule has 0 aromatic heterocycles. The molecule has 2 aromatic rings. The Morgan fingerprint density at radius 3 is 2.36 bits per heavy atom. The Kier molecular flexibility index (Phi) is 6.17. The summed E-state index contributed by atoms with van der Waals surface area (Å²) in [7, 11) is 1.60. The summed E-state index contributed by atoms with van der Waals surface area (Å²) < 4.78 is 0. The molecule has 0 radical (unpaired) electrons. The van der Waals surface area contributed by atoms with Crippen LogP contribution < -0.4 is 10.6 Å². The lowest BCUT2D eigenvalue weighted by Crippen LogP contribution is -2.26. The van der Waals surface area contributed by atoms with Crippen LogP contribution in [0.3, 0.4) is 0 Å². The van der Waals surface area contributed by atoms with E-state index in [0.717, 1.165) is 22.3 Å². The molecule has 5 heteroatoms. The summed E-state index contributed by atoms with van der Waals surface area (Å²) >= 11 is 0. The van der Waals surface area contributed by atoms with E-state index in [0.29, 0.717) is 30.7 Å². The Hall–Kier alpha value is -2.82. The fourth-order valence-corrected chi connectivity index (χ4v) is 2.64. The van der Waals surface area contributed by atoms with Crippen LogP contribution in [0, 0.1) is 13.8 Å². The van der Waals surface area contributed by atoms with Gasteiger partial charge in [-0.2, -0.15) is 0 Å². The van der Waals surface area contributed by atoms with Gasteiger partial charge in [0.2, 0.25) is 5.91 Å². The molecule has 0 aliphatic heterocycles. The van der Waals surface area contributed by atoms with Crippen molar-refractivity contribution in [1.29, 1.82) is 0 Å². The molecule has 5 nitrogen and oxygen atoms in total. The zero-order valence-corrected chi connectivity index (χ0v) is 14.8. The minimum absolute atomic E-state index is 0.0330. The standard InChI is InChI=1S/C20H24N2O3/c1-13-10-17(11-14(2)19(13)24)15-6-4-7-16(12-15)20(25)22-9-5-8-18(23)21-3/h4,6-7,10-12,24H,5,8-9H2,1-3H3,(H,21,23)(H,22,25).